The molecule has 15 heavy (non-hydrogen) atoms. The molecule has 88 valence electrons. The number of rotatable bonds is 2. The summed E-state index contributed by atoms with van der Waals surface area (Å²) >= 11 is 0. The molecule has 0 aromatic heterocycles. The molecular weight excluding hydrogens is 215 g/mol. The zero-order chi connectivity index (χ0) is 11.8. The Morgan fingerprint density at radius 3 is 2.20 bits per heavy atom. The quantitative estimate of drug-likeness (QED) is 0.631. The minimum Gasteiger partial charge on any atom is -0.295 e. The summed E-state index contributed by atoms with van der Waals surface area (Å²) in [5.74, 6) is -0.263. The number of carbonyl (C=O) groups is 1. The second-order valence-electron chi connectivity index (χ2n) is 4.87. The molecule has 1 aliphatic carbocycles. The molecule has 0 aromatic rings. The Hall–Kier alpha value is -0.0200. The summed E-state index contributed by atoms with van der Waals surface area (Å²) in [4.78, 5) is 39.8. The number of carbonyl (C=O) groups excluding carboxylic acids is 1. The first-order valence-electron chi connectivity index (χ1n) is 5.35. The van der Waals surface area contributed by atoms with Crippen molar-refractivity contribution >= 4 is 13.7 Å². The highest BCUT2D eigenvalue weighted by Crippen LogP contribution is 2.57. The highest BCUT2D eigenvalue weighted by molar-refractivity contribution is 7.60. The predicted octanol–water partition coefficient (Wildman–Crippen LogP) is 1.37. The van der Waals surface area contributed by atoms with Crippen LogP contribution in [-0.4, -0.2) is 26.1 Å². The van der Waals surface area contributed by atoms with Crippen LogP contribution >= 0.6 is 7.94 Å². The van der Waals surface area contributed by atoms with Gasteiger partial charge in [0.25, 0.3) is 0 Å². The Labute approximate surface area is 90.9 Å². The van der Waals surface area contributed by atoms with E-state index in [4.69, 9.17) is 0 Å². The summed E-state index contributed by atoms with van der Waals surface area (Å²) < 4.78 is 0. The Morgan fingerprint density at radius 1 is 1.27 bits per heavy atom. The molecule has 0 spiro atoms. The van der Waals surface area contributed by atoms with Crippen molar-refractivity contribution < 1.29 is 19.5 Å². The van der Waals surface area contributed by atoms with Crippen LogP contribution in [-0.2, 0) is 4.79 Å². The maximum atomic E-state index is 12.0. The van der Waals surface area contributed by atoms with E-state index in [0.717, 1.165) is 12.8 Å². The monoisotopic (exact) mass is 235 g/mol. The molecule has 4 nitrogen and oxygen atoms in total. The van der Waals surface area contributed by atoms with Crippen LogP contribution in [0.15, 0.2) is 0 Å². The maximum Gasteiger partial charge on any atom is 0.414 e. The zero-order valence-corrected chi connectivity index (χ0v) is 10.3. The fourth-order valence-corrected chi connectivity index (χ4v) is 3.78. The molecule has 1 aliphatic rings. The normalized spacial score (nSPS) is 33.5. The minimum absolute atomic E-state index is 0.138. The van der Waals surface area contributed by atoms with E-state index in [1.165, 1.54) is 0 Å². The van der Waals surface area contributed by atoms with Gasteiger partial charge in [-0.25, -0.2) is 0 Å². The van der Waals surface area contributed by atoms with Crippen LogP contribution in [0.25, 0.3) is 0 Å². The van der Waals surface area contributed by atoms with E-state index in [-0.39, 0.29) is 23.5 Å². The second kappa shape index (κ2) is 4.46. The zero-order valence-electron chi connectivity index (χ0n) is 9.42. The first kappa shape index (κ1) is 13.0. The number of hydrogen-bond donors (Lipinski definition) is 3. The molecule has 0 bridgehead atoms. The molecule has 1 saturated carbocycles. The maximum absolute atomic E-state index is 12.0. The van der Waals surface area contributed by atoms with Gasteiger partial charge in [0.2, 0.25) is 5.66 Å². The standard InChI is InChI=1S/C10H20O4P/c1-6(2)8-5-4-7(3)10(9(8)11)15(12,13)14/h6-8,10,12-14H,4-5H2,1-3H3/q+1. The summed E-state index contributed by atoms with van der Waals surface area (Å²) in [6, 6.07) is 0. The average molecular weight is 235 g/mol. The average Bonchev–Trinajstić information content (AvgIpc) is 2.00. The lowest BCUT2D eigenvalue weighted by Crippen LogP contribution is -2.41. The van der Waals surface area contributed by atoms with Crippen LogP contribution in [0, 0.1) is 17.8 Å². The molecule has 0 saturated heterocycles. The van der Waals surface area contributed by atoms with Crippen molar-refractivity contribution in [3.8, 4) is 0 Å². The van der Waals surface area contributed by atoms with Gasteiger partial charge in [0.1, 0.15) is 0 Å². The lowest BCUT2D eigenvalue weighted by Gasteiger charge is -2.33. The lowest BCUT2D eigenvalue weighted by molar-refractivity contribution is -0.127. The summed E-state index contributed by atoms with van der Waals surface area (Å²) in [6.45, 7) is 5.68. The Morgan fingerprint density at radius 2 is 1.80 bits per heavy atom. The van der Waals surface area contributed by atoms with E-state index >= 15 is 0 Å². The predicted molar refractivity (Wildman–Crippen MR) is 59.1 cm³/mol. The highest BCUT2D eigenvalue weighted by atomic mass is 31.2. The first-order chi connectivity index (χ1) is 6.75. The van der Waals surface area contributed by atoms with Crippen molar-refractivity contribution in [2.45, 2.75) is 39.3 Å². The fourth-order valence-electron chi connectivity index (χ4n) is 2.42. The van der Waals surface area contributed by atoms with Gasteiger partial charge in [0, 0.05) is 11.8 Å². The van der Waals surface area contributed by atoms with Crippen molar-refractivity contribution in [3.63, 3.8) is 0 Å². The van der Waals surface area contributed by atoms with Crippen molar-refractivity contribution in [1.82, 2.24) is 0 Å². The van der Waals surface area contributed by atoms with E-state index in [0.29, 0.717) is 0 Å². The smallest absolute Gasteiger partial charge is 0.295 e. The molecule has 5 heteroatoms. The van der Waals surface area contributed by atoms with Crippen LogP contribution in [0.1, 0.15) is 33.6 Å². The van der Waals surface area contributed by atoms with Crippen molar-refractivity contribution in [1.29, 1.82) is 0 Å². The molecule has 0 amide bonds. The first-order valence-corrected chi connectivity index (χ1v) is 7.07. The molecule has 3 atom stereocenters. The van der Waals surface area contributed by atoms with Crippen molar-refractivity contribution in [2.24, 2.45) is 17.8 Å². The van der Waals surface area contributed by atoms with Crippen molar-refractivity contribution in [3.05, 3.63) is 0 Å². The van der Waals surface area contributed by atoms with Gasteiger partial charge in [-0.2, -0.15) is 14.7 Å². The SMILES string of the molecule is CC(C)C1CCC(C)C([P+](O)(O)O)C1=O. The summed E-state index contributed by atoms with van der Waals surface area (Å²) in [5.41, 5.74) is -0.960. The van der Waals surface area contributed by atoms with E-state index in [9.17, 15) is 19.5 Å². The summed E-state index contributed by atoms with van der Waals surface area (Å²) in [7, 11) is -4.03. The van der Waals surface area contributed by atoms with E-state index in [1.54, 1.807) is 6.92 Å². The molecule has 1 fully saturated rings. The number of ketones is 1. The molecule has 0 aliphatic heterocycles. The third-order valence-electron chi connectivity index (χ3n) is 3.31. The molecule has 0 heterocycles. The third kappa shape index (κ3) is 2.76. The van der Waals surface area contributed by atoms with Crippen LogP contribution in [0.2, 0.25) is 0 Å². The van der Waals surface area contributed by atoms with Gasteiger partial charge < -0.3 is 0 Å². The Balaban J connectivity index is 2.89. The Bertz CT molecular complexity index is 246. The Kier molecular flexibility index (Phi) is 3.88. The van der Waals surface area contributed by atoms with Gasteiger partial charge in [0.05, 0.1) is 0 Å². The van der Waals surface area contributed by atoms with Crippen molar-refractivity contribution in [2.75, 3.05) is 0 Å². The largest absolute Gasteiger partial charge is 0.414 e. The van der Waals surface area contributed by atoms with Gasteiger partial charge >= 0.3 is 7.94 Å². The summed E-state index contributed by atoms with van der Waals surface area (Å²) in [5, 5.41) is 0. The van der Waals surface area contributed by atoms with Crippen LogP contribution < -0.4 is 0 Å². The number of Topliss-reactive ketones (excluding diaryl/α,β-unsaturated/α-hetero) is 1. The molecule has 0 aromatic carbocycles. The van der Waals surface area contributed by atoms with Gasteiger partial charge in [-0.05, 0) is 18.8 Å². The topological polar surface area (TPSA) is 77.8 Å². The van der Waals surface area contributed by atoms with E-state index in [1.807, 2.05) is 13.8 Å². The van der Waals surface area contributed by atoms with Gasteiger partial charge in [-0.15, -0.1) is 0 Å². The molecule has 1 rings (SSSR count). The van der Waals surface area contributed by atoms with E-state index < -0.39 is 13.6 Å². The van der Waals surface area contributed by atoms with Gasteiger partial charge in [0.15, 0.2) is 5.78 Å². The molecule has 0 radical (unpaired) electrons. The van der Waals surface area contributed by atoms with E-state index in [2.05, 4.69) is 0 Å². The number of hydrogen-bond acceptors (Lipinski definition) is 4. The van der Waals surface area contributed by atoms with Gasteiger partial charge in [-0.3, -0.25) is 4.79 Å². The van der Waals surface area contributed by atoms with Crippen LogP contribution in [0.4, 0.5) is 0 Å². The lowest BCUT2D eigenvalue weighted by atomic mass is 9.76. The minimum atomic E-state index is -4.03. The molecule has 3 N–H and O–H groups in total. The molecular formula is C10H20O4P+. The highest BCUT2D eigenvalue weighted by Gasteiger charge is 2.55. The molecule has 3 unspecified atom stereocenters. The van der Waals surface area contributed by atoms with Crippen LogP contribution in [0.3, 0.4) is 0 Å². The second-order valence-corrected chi connectivity index (χ2v) is 6.65. The van der Waals surface area contributed by atoms with Crippen LogP contribution in [0.5, 0.6) is 0 Å². The summed E-state index contributed by atoms with van der Waals surface area (Å²) in [6.07, 6.45) is 1.55. The fraction of sp³-hybridized carbons (Fsp3) is 0.900. The third-order valence-corrected chi connectivity index (χ3v) is 4.82. The van der Waals surface area contributed by atoms with Gasteiger partial charge in [-0.1, -0.05) is 20.8 Å².